The van der Waals surface area contributed by atoms with Gasteiger partial charge in [-0.2, -0.15) is 0 Å². The molecule has 2 aromatic carbocycles. The highest BCUT2D eigenvalue weighted by Crippen LogP contribution is 2.43. The summed E-state index contributed by atoms with van der Waals surface area (Å²) in [6, 6.07) is 11.2. The maximum absolute atomic E-state index is 11.6. The van der Waals surface area contributed by atoms with Crippen molar-refractivity contribution in [3.8, 4) is 11.1 Å². The molecule has 0 aromatic heterocycles. The van der Waals surface area contributed by atoms with Crippen molar-refractivity contribution >= 4 is 18.3 Å². The molecule has 0 bridgehead atoms. The Hall–Kier alpha value is -2.18. The first kappa shape index (κ1) is 16.3. The lowest BCUT2D eigenvalue weighted by Crippen LogP contribution is -2.41. The van der Waals surface area contributed by atoms with Crippen molar-refractivity contribution in [2.45, 2.75) is 45.3 Å². The van der Waals surface area contributed by atoms with Gasteiger partial charge in [-0.3, -0.25) is 10.1 Å². The van der Waals surface area contributed by atoms with Crippen LogP contribution in [0, 0.1) is 10.1 Å². The molecule has 25 heavy (non-hydrogen) atoms. The van der Waals surface area contributed by atoms with Crippen molar-refractivity contribution in [2.24, 2.45) is 0 Å². The Morgan fingerprint density at radius 2 is 1.68 bits per heavy atom. The molecule has 1 saturated heterocycles. The van der Waals surface area contributed by atoms with Gasteiger partial charge in [0, 0.05) is 6.07 Å². The van der Waals surface area contributed by atoms with E-state index in [1.54, 1.807) is 12.1 Å². The summed E-state index contributed by atoms with van der Waals surface area (Å²) in [5.41, 5.74) is 3.81. The molecular weight excluding hydrogens is 317 g/mol. The van der Waals surface area contributed by atoms with Crippen LogP contribution >= 0.6 is 0 Å². The zero-order valence-electron chi connectivity index (χ0n) is 14.8. The first-order chi connectivity index (χ1) is 11.7. The normalized spacial score (nSPS) is 19.6. The van der Waals surface area contributed by atoms with Crippen molar-refractivity contribution in [3.63, 3.8) is 0 Å². The van der Waals surface area contributed by atoms with Crippen LogP contribution in [0.4, 0.5) is 5.69 Å². The third-order valence-electron chi connectivity index (χ3n) is 5.68. The van der Waals surface area contributed by atoms with Crippen molar-refractivity contribution in [2.75, 3.05) is 0 Å². The molecule has 128 valence electrons. The number of rotatable bonds is 2. The fourth-order valence-corrected chi connectivity index (χ4v) is 3.59. The average Bonchev–Trinajstić information content (AvgIpc) is 3.01. The molecule has 0 spiro atoms. The number of hydrogen-bond acceptors (Lipinski definition) is 4. The molecule has 0 unspecified atom stereocenters. The van der Waals surface area contributed by atoms with Gasteiger partial charge in [0.2, 0.25) is 0 Å². The minimum absolute atomic E-state index is 0.139. The van der Waals surface area contributed by atoms with Gasteiger partial charge >= 0.3 is 7.12 Å². The van der Waals surface area contributed by atoms with Gasteiger partial charge in [-0.1, -0.05) is 30.3 Å². The highest BCUT2D eigenvalue weighted by molar-refractivity contribution is 6.63. The molecule has 1 aliphatic carbocycles. The second-order valence-corrected chi connectivity index (χ2v) is 7.71. The molecular formula is C19H20BNO4. The van der Waals surface area contributed by atoms with E-state index in [9.17, 15) is 10.1 Å². The average molecular weight is 337 g/mol. The van der Waals surface area contributed by atoms with Gasteiger partial charge in [0.05, 0.1) is 21.7 Å². The van der Waals surface area contributed by atoms with Gasteiger partial charge in [0.25, 0.3) is 5.69 Å². The zero-order valence-corrected chi connectivity index (χ0v) is 14.8. The Bertz CT molecular complexity index is 875. The molecule has 1 aliphatic heterocycles. The molecule has 0 atom stereocenters. The maximum atomic E-state index is 11.6. The lowest BCUT2D eigenvalue weighted by Gasteiger charge is -2.32. The van der Waals surface area contributed by atoms with E-state index in [1.807, 2.05) is 52.0 Å². The summed E-state index contributed by atoms with van der Waals surface area (Å²) in [4.78, 5) is 11.2. The molecule has 2 aromatic rings. The van der Waals surface area contributed by atoms with Crippen LogP contribution in [-0.4, -0.2) is 23.2 Å². The summed E-state index contributed by atoms with van der Waals surface area (Å²) in [6.45, 7) is 8.03. The number of fused-ring (bicyclic) bond motifs is 3. The molecule has 4 rings (SSSR count). The van der Waals surface area contributed by atoms with E-state index in [1.165, 1.54) is 0 Å². The zero-order chi connectivity index (χ0) is 18.0. The smallest absolute Gasteiger partial charge is 0.399 e. The van der Waals surface area contributed by atoms with E-state index >= 15 is 0 Å². The fourth-order valence-electron chi connectivity index (χ4n) is 3.59. The molecule has 5 nitrogen and oxygen atoms in total. The standard InChI is InChI=1S/C19H20BNO4/c1-18(2)19(3,4)25-20(24-18)15-9-10-16(21(22)23)17-13-8-6-5-7-12(13)11-14(15)17/h5-10H,11H2,1-4H3. The summed E-state index contributed by atoms with van der Waals surface area (Å²) in [7, 11) is -0.520. The van der Waals surface area contributed by atoms with Crippen molar-refractivity contribution < 1.29 is 14.2 Å². The summed E-state index contributed by atoms with van der Waals surface area (Å²) < 4.78 is 12.4. The molecule has 1 heterocycles. The van der Waals surface area contributed by atoms with Crippen LogP contribution in [0.1, 0.15) is 38.8 Å². The molecule has 2 aliphatic rings. The second-order valence-electron chi connectivity index (χ2n) is 7.71. The van der Waals surface area contributed by atoms with E-state index in [0.717, 1.165) is 22.2 Å². The van der Waals surface area contributed by atoms with Gasteiger partial charge in [-0.25, -0.2) is 0 Å². The Labute approximate surface area is 147 Å². The number of nitro benzene ring substituents is 1. The molecule has 0 radical (unpaired) electrons. The fraction of sp³-hybridized carbons (Fsp3) is 0.368. The van der Waals surface area contributed by atoms with Gasteiger partial charge in [0.15, 0.2) is 0 Å². The van der Waals surface area contributed by atoms with Crippen LogP contribution in [0.5, 0.6) is 0 Å². The summed E-state index contributed by atoms with van der Waals surface area (Å²) in [5.74, 6) is 0. The number of nitro groups is 1. The number of benzene rings is 2. The van der Waals surface area contributed by atoms with Gasteiger partial charge in [-0.05, 0) is 56.3 Å². The topological polar surface area (TPSA) is 61.6 Å². The van der Waals surface area contributed by atoms with Crippen LogP contribution in [0.25, 0.3) is 11.1 Å². The van der Waals surface area contributed by atoms with Gasteiger partial charge in [0.1, 0.15) is 0 Å². The maximum Gasteiger partial charge on any atom is 0.495 e. The summed E-state index contributed by atoms with van der Waals surface area (Å²) >= 11 is 0. The lowest BCUT2D eigenvalue weighted by atomic mass is 9.74. The Balaban J connectivity index is 1.87. The van der Waals surface area contributed by atoms with E-state index < -0.39 is 18.3 Å². The van der Waals surface area contributed by atoms with Crippen molar-refractivity contribution in [3.05, 3.63) is 57.6 Å². The number of hydrogen-bond donors (Lipinski definition) is 0. The molecule has 0 amide bonds. The van der Waals surface area contributed by atoms with Gasteiger partial charge in [-0.15, -0.1) is 0 Å². The van der Waals surface area contributed by atoms with Crippen LogP contribution in [0.2, 0.25) is 0 Å². The van der Waals surface area contributed by atoms with E-state index in [0.29, 0.717) is 12.0 Å². The highest BCUT2D eigenvalue weighted by atomic mass is 16.7. The Morgan fingerprint density at radius 3 is 2.32 bits per heavy atom. The molecule has 1 fully saturated rings. The predicted molar refractivity (Wildman–Crippen MR) is 97.1 cm³/mol. The third-order valence-corrected chi connectivity index (χ3v) is 5.68. The Morgan fingerprint density at radius 1 is 1.04 bits per heavy atom. The third kappa shape index (κ3) is 2.32. The Kier molecular flexibility index (Phi) is 3.37. The largest absolute Gasteiger partial charge is 0.495 e. The second kappa shape index (κ2) is 5.16. The van der Waals surface area contributed by atoms with E-state index in [2.05, 4.69) is 0 Å². The lowest BCUT2D eigenvalue weighted by molar-refractivity contribution is -0.384. The van der Waals surface area contributed by atoms with Crippen LogP contribution in [0.15, 0.2) is 36.4 Å². The van der Waals surface area contributed by atoms with Crippen molar-refractivity contribution in [1.82, 2.24) is 0 Å². The monoisotopic (exact) mass is 337 g/mol. The molecule has 6 heteroatoms. The summed E-state index contributed by atoms with van der Waals surface area (Å²) in [5, 5.41) is 11.6. The van der Waals surface area contributed by atoms with Crippen molar-refractivity contribution in [1.29, 1.82) is 0 Å². The van der Waals surface area contributed by atoms with E-state index in [4.69, 9.17) is 9.31 Å². The minimum atomic E-state index is -0.520. The van der Waals surface area contributed by atoms with Gasteiger partial charge < -0.3 is 9.31 Å². The quantitative estimate of drug-likeness (QED) is 0.408. The van der Waals surface area contributed by atoms with Crippen LogP contribution in [0.3, 0.4) is 0 Å². The predicted octanol–water partition coefficient (Wildman–Crippen LogP) is 3.47. The first-order valence-corrected chi connectivity index (χ1v) is 8.45. The molecule has 0 N–H and O–H groups in total. The highest BCUT2D eigenvalue weighted by Gasteiger charge is 2.52. The van der Waals surface area contributed by atoms with Crippen LogP contribution in [-0.2, 0) is 15.7 Å². The molecule has 0 saturated carbocycles. The number of nitrogens with zero attached hydrogens (tertiary/aromatic N) is 1. The minimum Gasteiger partial charge on any atom is -0.399 e. The SMILES string of the molecule is CC1(C)OB(c2ccc([N+](=O)[O-])c3c2Cc2ccccc2-3)OC1(C)C. The van der Waals surface area contributed by atoms with Crippen LogP contribution < -0.4 is 5.46 Å². The van der Waals surface area contributed by atoms with E-state index in [-0.39, 0.29) is 10.6 Å². The first-order valence-electron chi connectivity index (χ1n) is 8.45. The summed E-state index contributed by atoms with van der Waals surface area (Å²) in [6.07, 6.45) is 0.659.